The van der Waals surface area contributed by atoms with Crippen LogP contribution in [-0.2, 0) is 23.9 Å². The number of carbonyl (C=O) groups excluding carboxylic acids is 1. The molecule has 14 heteroatoms. The van der Waals surface area contributed by atoms with E-state index in [2.05, 4.69) is 33.5 Å². The van der Waals surface area contributed by atoms with Crippen LogP contribution in [0.25, 0.3) is 0 Å². The third kappa shape index (κ3) is 6.71. The van der Waals surface area contributed by atoms with Crippen LogP contribution in [0, 0.1) is 11.3 Å². The summed E-state index contributed by atoms with van der Waals surface area (Å²) >= 11 is 9.19. The Morgan fingerprint density at radius 1 is 1.21 bits per heavy atom. The van der Waals surface area contributed by atoms with E-state index in [0.29, 0.717) is 50.7 Å². The third-order valence-corrected chi connectivity index (χ3v) is 8.97. The first-order chi connectivity index (χ1) is 20.5. The number of nitriles is 1. The maximum Gasteiger partial charge on any atom is 0.419 e. The topological polar surface area (TPSA) is 88.8 Å². The summed E-state index contributed by atoms with van der Waals surface area (Å²) in [6.45, 7) is 6.60. The van der Waals surface area contributed by atoms with Crippen LogP contribution in [0.1, 0.15) is 36.1 Å². The number of likely N-dealkylation sites (tertiary alicyclic amines) is 1. The van der Waals surface area contributed by atoms with Crippen molar-refractivity contribution < 1.29 is 22.7 Å². The molecule has 1 amide bonds. The van der Waals surface area contributed by atoms with Gasteiger partial charge in [-0.25, -0.2) is 0 Å². The smallest absolute Gasteiger partial charge is 0.419 e. The molecule has 2 fully saturated rings. The summed E-state index contributed by atoms with van der Waals surface area (Å²) < 4.78 is 48.4. The van der Waals surface area contributed by atoms with Gasteiger partial charge in [-0.1, -0.05) is 24.2 Å². The van der Waals surface area contributed by atoms with Crippen molar-refractivity contribution in [3.63, 3.8) is 0 Å². The van der Waals surface area contributed by atoms with E-state index < -0.39 is 17.8 Å². The van der Waals surface area contributed by atoms with Crippen molar-refractivity contribution in [1.29, 1.82) is 5.26 Å². The van der Waals surface area contributed by atoms with Gasteiger partial charge in [-0.05, 0) is 60.9 Å². The normalized spacial score (nSPS) is 21.0. The average molecular weight is 683 g/mol. The third-order valence-electron chi connectivity index (χ3n) is 8.32. The van der Waals surface area contributed by atoms with E-state index in [-0.39, 0.29) is 46.1 Å². The fourth-order valence-corrected chi connectivity index (χ4v) is 6.59. The molecular formula is C29H32BrClF3N7O2. The molecule has 9 nitrogen and oxygen atoms in total. The van der Waals surface area contributed by atoms with Crippen molar-refractivity contribution in [2.24, 2.45) is 0 Å². The molecule has 0 saturated carbocycles. The predicted molar refractivity (Wildman–Crippen MR) is 160 cm³/mol. The molecule has 0 unspecified atom stereocenters. The number of hydrogen-bond donors (Lipinski definition) is 0. The minimum absolute atomic E-state index is 0.00271. The highest BCUT2D eigenvalue weighted by molar-refractivity contribution is 9.12. The number of aromatic nitrogens is 2. The lowest BCUT2D eigenvalue weighted by molar-refractivity contribution is -0.137. The van der Waals surface area contributed by atoms with Crippen molar-refractivity contribution in [2.45, 2.75) is 50.5 Å². The number of fused-ring (bicyclic) bond motifs is 1. The van der Waals surface area contributed by atoms with Gasteiger partial charge in [-0.3, -0.25) is 4.79 Å². The maximum atomic E-state index is 14.0. The molecule has 4 heterocycles. The van der Waals surface area contributed by atoms with E-state index in [1.807, 2.05) is 11.9 Å². The van der Waals surface area contributed by atoms with Gasteiger partial charge in [0.25, 0.3) is 5.91 Å². The molecular weight excluding hydrogens is 651 g/mol. The predicted octanol–water partition coefficient (Wildman–Crippen LogP) is 5.02. The zero-order valence-corrected chi connectivity index (χ0v) is 26.1. The number of alkyl halides is 3. The average Bonchev–Trinajstić information content (AvgIpc) is 3.38. The summed E-state index contributed by atoms with van der Waals surface area (Å²) in [5, 5.41) is 9.14. The van der Waals surface area contributed by atoms with E-state index in [1.165, 1.54) is 18.2 Å². The first kappa shape index (κ1) is 31.3. The van der Waals surface area contributed by atoms with Gasteiger partial charge in [-0.2, -0.15) is 28.4 Å². The molecule has 3 aliphatic rings. The van der Waals surface area contributed by atoms with Crippen LogP contribution < -0.4 is 14.5 Å². The summed E-state index contributed by atoms with van der Waals surface area (Å²) in [5.74, 6) is 0.348. The minimum atomic E-state index is -4.63. The number of likely N-dealkylation sites (N-methyl/N-ethyl adjacent to an activating group) is 1. The lowest BCUT2D eigenvalue weighted by atomic mass is 10.0. The van der Waals surface area contributed by atoms with Crippen LogP contribution in [-0.4, -0.2) is 84.1 Å². The molecule has 0 radical (unpaired) electrons. The fraction of sp³-hybridized carbons (Fsp3) is 0.517. The summed E-state index contributed by atoms with van der Waals surface area (Å²) in [6.07, 6.45) is -2.06. The summed E-state index contributed by atoms with van der Waals surface area (Å²) in [7, 11) is 2.04. The van der Waals surface area contributed by atoms with Gasteiger partial charge < -0.3 is 24.3 Å². The van der Waals surface area contributed by atoms with Crippen LogP contribution >= 0.6 is 27.5 Å². The highest BCUT2D eigenvalue weighted by Crippen LogP contribution is 2.43. The molecule has 2 atom stereocenters. The molecule has 5 rings (SSSR count). The van der Waals surface area contributed by atoms with Gasteiger partial charge in [-0.15, -0.1) is 0 Å². The van der Waals surface area contributed by atoms with Gasteiger partial charge in [0.15, 0.2) is 0 Å². The molecule has 0 spiro atoms. The second-order valence-electron chi connectivity index (χ2n) is 11.0. The molecule has 2 saturated heterocycles. The molecule has 1 aromatic carbocycles. The highest BCUT2D eigenvalue weighted by atomic mass is 79.9. The van der Waals surface area contributed by atoms with Crippen molar-refractivity contribution in [2.75, 3.05) is 56.2 Å². The Labute approximate surface area is 262 Å². The first-order valence-electron chi connectivity index (χ1n) is 14.1. The maximum absolute atomic E-state index is 14.0. The van der Waals surface area contributed by atoms with Crippen LogP contribution in [0.4, 0.5) is 24.7 Å². The van der Waals surface area contributed by atoms with E-state index in [4.69, 9.17) is 26.3 Å². The zero-order chi connectivity index (χ0) is 30.9. The van der Waals surface area contributed by atoms with Crippen LogP contribution in [0.5, 0.6) is 6.01 Å². The Morgan fingerprint density at radius 2 is 2.00 bits per heavy atom. The Bertz CT molecular complexity index is 1440. The number of anilines is 2. The number of carbonyl (C=O) groups is 1. The molecule has 43 heavy (non-hydrogen) atoms. The van der Waals surface area contributed by atoms with Gasteiger partial charge in [0.2, 0.25) is 0 Å². The molecule has 2 aromatic rings. The van der Waals surface area contributed by atoms with E-state index in [1.54, 1.807) is 9.80 Å². The number of piperazine rings is 1. The van der Waals surface area contributed by atoms with Gasteiger partial charge in [0.05, 0.1) is 51.5 Å². The molecule has 3 aliphatic heterocycles. The molecule has 0 bridgehead atoms. The number of rotatable bonds is 7. The zero-order valence-electron chi connectivity index (χ0n) is 23.7. The molecule has 0 aliphatic carbocycles. The van der Waals surface area contributed by atoms with E-state index in [9.17, 15) is 23.2 Å². The van der Waals surface area contributed by atoms with Gasteiger partial charge >= 0.3 is 12.2 Å². The number of amides is 1. The fourth-order valence-electron chi connectivity index (χ4n) is 6.09. The molecule has 0 N–H and O–H groups in total. The Hall–Kier alpha value is -3.08. The largest absolute Gasteiger partial charge is 0.462 e. The van der Waals surface area contributed by atoms with Crippen LogP contribution in [0.3, 0.4) is 0 Å². The van der Waals surface area contributed by atoms with Gasteiger partial charge in [0, 0.05) is 37.8 Å². The Kier molecular flexibility index (Phi) is 9.39. The lowest BCUT2D eigenvalue weighted by Crippen LogP contribution is -2.55. The SMILES string of the molecule is C=C(Br)C(=O)N1CCN(c2nc(OC[C@@H]3CCCN3C)nc3c2CCN(c2cccc(Cl)c2C(F)(F)F)C3)C[C@@H]1CC#N. The van der Waals surface area contributed by atoms with Crippen molar-refractivity contribution in [3.8, 4) is 12.1 Å². The van der Waals surface area contributed by atoms with E-state index >= 15 is 0 Å². The number of benzene rings is 1. The summed E-state index contributed by atoms with van der Waals surface area (Å²) in [5.41, 5.74) is 0.515. The highest BCUT2D eigenvalue weighted by Gasteiger charge is 2.39. The van der Waals surface area contributed by atoms with Crippen LogP contribution in [0.2, 0.25) is 5.02 Å². The second-order valence-corrected chi connectivity index (χ2v) is 12.4. The van der Waals surface area contributed by atoms with Gasteiger partial charge in [0.1, 0.15) is 12.4 Å². The minimum Gasteiger partial charge on any atom is -0.462 e. The van der Waals surface area contributed by atoms with Crippen molar-refractivity contribution in [3.05, 3.63) is 51.1 Å². The second kappa shape index (κ2) is 12.9. The number of nitrogens with zero attached hydrogens (tertiary/aromatic N) is 7. The van der Waals surface area contributed by atoms with Crippen molar-refractivity contribution in [1.82, 2.24) is 19.8 Å². The first-order valence-corrected chi connectivity index (χ1v) is 15.3. The molecule has 1 aromatic heterocycles. The lowest BCUT2D eigenvalue weighted by Gasteiger charge is -2.42. The number of hydrogen-bond acceptors (Lipinski definition) is 8. The van der Waals surface area contributed by atoms with Crippen molar-refractivity contribution >= 4 is 44.9 Å². The number of halogens is 5. The quantitative estimate of drug-likeness (QED) is 0.377. The monoisotopic (exact) mass is 681 g/mol. The number of ether oxygens (including phenoxy) is 1. The van der Waals surface area contributed by atoms with Crippen LogP contribution in [0.15, 0.2) is 29.3 Å². The standard InChI is InChI=1S/C29H32BrClF3N7O2/c1-18(30)27(42)41-14-13-40(15-19(41)8-10-35)26-21-9-12-39(24-7-3-6-22(31)25(24)29(32,33)34)16-23(21)36-28(37-26)43-17-20-5-4-11-38(20)2/h3,6-7,19-20H,1,4-5,8-9,11-17H2,2H3/t19-,20-/m0/s1. The Morgan fingerprint density at radius 3 is 2.67 bits per heavy atom. The summed E-state index contributed by atoms with van der Waals surface area (Å²) in [4.78, 5) is 29.8. The van der Waals surface area contributed by atoms with E-state index in [0.717, 1.165) is 24.9 Å². The summed E-state index contributed by atoms with van der Waals surface area (Å²) in [6, 6.07) is 6.32. The molecule has 230 valence electrons. The Balaban J connectivity index is 1.49.